The van der Waals surface area contributed by atoms with E-state index in [4.69, 9.17) is 15.3 Å². The Morgan fingerprint density at radius 1 is 1.53 bits per heavy atom. The lowest BCUT2D eigenvalue weighted by molar-refractivity contribution is 0.185. The SMILES string of the molecule is COCCCC(NN)C1COc2ccccc21. The van der Waals surface area contributed by atoms with Crippen molar-refractivity contribution in [3.8, 4) is 5.75 Å². The Balaban J connectivity index is 2.01. The van der Waals surface area contributed by atoms with Gasteiger partial charge in [0.2, 0.25) is 0 Å². The lowest BCUT2D eigenvalue weighted by atomic mass is 9.91. The van der Waals surface area contributed by atoms with Crippen molar-refractivity contribution in [2.24, 2.45) is 5.84 Å². The number of para-hydroxylation sites is 1. The van der Waals surface area contributed by atoms with E-state index in [1.807, 2.05) is 18.2 Å². The lowest BCUT2D eigenvalue weighted by Gasteiger charge is -2.21. The molecule has 0 aromatic heterocycles. The maximum Gasteiger partial charge on any atom is 0.122 e. The number of hydrogen-bond donors (Lipinski definition) is 2. The molecule has 0 saturated carbocycles. The van der Waals surface area contributed by atoms with Gasteiger partial charge in [-0.1, -0.05) is 18.2 Å². The molecule has 17 heavy (non-hydrogen) atoms. The van der Waals surface area contributed by atoms with E-state index in [9.17, 15) is 0 Å². The zero-order valence-corrected chi connectivity index (χ0v) is 10.2. The summed E-state index contributed by atoms with van der Waals surface area (Å²) in [6.07, 6.45) is 2.00. The second kappa shape index (κ2) is 6.00. The summed E-state index contributed by atoms with van der Waals surface area (Å²) in [7, 11) is 1.72. The number of ether oxygens (including phenoxy) is 2. The summed E-state index contributed by atoms with van der Waals surface area (Å²) >= 11 is 0. The van der Waals surface area contributed by atoms with Gasteiger partial charge < -0.3 is 9.47 Å². The normalized spacial score (nSPS) is 19.8. The summed E-state index contributed by atoms with van der Waals surface area (Å²) in [5.74, 6) is 6.98. The third kappa shape index (κ3) is 2.77. The molecule has 1 aliphatic rings. The first kappa shape index (κ1) is 12.4. The molecule has 0 aliphatic carbocycles. The lowest BCUT2D eigenvalue weighted by Crippen LogP contribution is -2.40. The molecule has 4 nitrogen and oxygen atoms in total. The summed E-state index contributed by atoms with van der Waals surface area (Å²) < 4.78 is 10.7. The zero-order valence-electron chi connectivity index (χ0n) is 10.2. The average molecular weight is 236 g/mol. The topological polar surface area (TPSA) is 56.5 Å². The Bertz CT molecular complexity index is 357. The van der Waals surface area contributed by atoms with Gasteiger partial charge in [0.25, 0.3) is 0 Å². The van der Waals surface area contributed by atoms with Crippen LogP contribution in [0.15, 0.2) is 24.3 Å². The standard InChI is InChI=1S/C13H20N2O2/c1-16-8-4-6-12(15-14)11-9-17-13-7-3-2-5-10(11)13/h2-3,5,7,11-12,15H,4,6,8-9,14H2,1H3. The van der Waals surface area contributed by atoms with Crippen LogP contribution in [-0.4, -0.2) is 26.4 Å². The number of fused-ring (bicyclic) bond motifs is 1. The molecule has 94 valence electrons. The van der Waals surface area contributed by atoms with Crippen LogP contribution in [0.5, 0.6) is 5.75 Å². The molecule has 0 radical (unpaired) electrons. The van der Waals surface area contributed by atoms with Gasteiger partial charge in [0.15, 0.2) is 0 Å². The van der Waals surface area contributed by atoms with Crippen LogP contribution >= 0.6 is 0 Å². The quantitative estimate of drug-likeness (QED) is 0.445. The minimum atomic E-state index is 0.244. The first-order valence-corrected chi connectivity index (χ1v) is 6.03. The van der Waals surface area contributed by atoms with Crippen molar-refractivity contribution in [1.82, 2.24) is 5.43 Å². The minimum Gasteiger partial charge on any atom is -0.493 e. The number of hydrogen-bond acceptors (Lipinski definition) is 4. The molecule has 0 bridgehead atoms. The van der Waals surface area contributed by atoms with Crippen molar-refractivity contribution in [2.45, 2.75) is 24.8 Å². The number of rotatable bonds is 6. The second-order valence-electron chi connectivity index (χ2n) is 4.36. The molecule has 2 atom stereocenters. The molecule has 4 heteroatoms. The Kier molecular flexibility index (Phi) is 4.36. The van der Waals surface area contributed by atoms with Crippen molar-refractivity contribution in [2.75, 3.05) is 20.3 Å². The zero-order chi connectivity index (χ0) is 12.1. The fourth-order valence-electron chi connectivity index (χ4n) is 2.37. The molecule has 1 aromatic carbocycles. The van der Waals surface area contributed by atoms with Gasteiger partial charge in [-0.2, -0.15) is 0 Å². The van der Waals surface area contributed by atoms with Crippen LogP contribution in [0, 0.1) is 0 Å². The van der Waals surface area contributed by atoms with E-state index in [0.29, 0.717) is 12.5 Å². The molecule has 3 N–H and O–H groups in total. The fraction of sp³-hybridized carbons (Fsp3) is 0.538. The summed E-state index contributed by atoms with van der Waals surface area (Å²) in [6, 6.07) is 8.42. The third-order valence-corrected chi connectivity index (χ3v) is 3.30. The van der Waals surface area contributed by atoms with Gasteiger partial charge in [0.1, 0.15) is 5.75 Å². The number of nitrogens with one attached hydrogen (secondary N) is 1. The molecule has 2 rings (SSSR count). The molecular formula is C13H20N2O2. The average Bonchev–Trinajstić information content (AvgIpc) is 2.79. The maximum atomic E-state index is 5.67. The van der Waals surface area contributed by atoms with E-state index < -0.39 is 0 Å². The molecule has 2 unspecified atom stereocenters. The molecule has 0 spiro atoms. The Morgan fingerprint density at radius 3 is 3.12 bits per heavy atom. The van der Waals surface area contributed by atoms with E-state index in [-0.39, 0.29) is 6.04 Å². The van der Waals surface area contributed by atoms with Crippen LogP contribution in [0.2, 0.25) is 0 Å². The Labute approximate surface area is 102 Å². The van der Waals surface area contributed by atoms with Crippen LogP contribution < -0.4 is 16.0 Å². The van der Waals surface area contributed by atoms with Crippen molar-refractivity contribution < 1.29 is 9.47 Å². The summed E-state index contributed by atoms with van der Waals surface area (Å²) in [6.45, 7) is 1.48. The van der Waals surface area contributed by atoms with Crippen molar-refractivity contribution >= 4 is 0 Å². The highest BCUT2D eigenvalue weighted by atomic mass is 16.5. The van der Waals surface area contributed by atoms with Crippen LogP contribution in [0.1, 0.15) is 24.3 Å². The maximum absolute atomic E-state index is 5.67. The number of methoxy groups -OCH3 is 1. The van der Waals surface area contributed by atoms with E-state index in [0.717, 1.165) is 25.2 Å². The molecule has 0 fully saturated rings. The van der Waals surface area contributed by atoms with Gasteiger partial charge in [-0.15, -0.1) is 0 Å². The van der Waals surface area contributed by atoms with Crippen LogP contribution in [0.3, 0.4) is 0 Å². The largest absolute Gasteiger partial charge is 0.493 e. The Hall–Kier alpha value is -1.10. The van der Waals surface area contributed by atoms with Crippen molar-refractivity contribution in [3.63, 3.8) is 0 Å². The number of benzene rings is 1. The second-order valence-corrected chi connectivity index (χ2v) is 4.36. The van der Waals surface area contributed by atoms with E-state index in [2.05, 4.69) is 11.5 Å². The highest BCUT2D eigenvalue weighted by Gasteiger charge is 2.30. The molecule has 0 saturated heterocycles. The molecule has 0 amide bonds. The molecule has 1 heterocycles. The molecular weight excluding hydrogens is 216 g/mol. The molecule has 1 aliphatic heterocycles. The van der Waals surface area contributed by atoms with Crippen LogP contribution in [0.4, 0.5) is 0 Å². The number of nitrogens with two attached hydrogens (primary N) is 1. The van der Waals surface area contributed by atoms with Gasteiger partial charge in [0.05, 0.1) is 6.61 Å². The van der Waals surface area contributed by atoms with Crippen LogP contribution in [-0.2, 0) is 4.74 Å². The van der Waals surface area contributed by atoms with Crippen molar-refractivity contribution in [3.05, 3.63) is 29.8 Å². The van der Waals surface area contributed by atoms with Gasteiger partial charge >= 0.3 is 0 Å². The van der Waals surface area contributed by atoms with Crippen LogP contribution in [0.25, 0.3) is 0 Å². The summed E-state index contributed by atoms with van der Waals surface area (Å²) in [4.78, 5) is 0. The predicted molar refractivity (Wildman–Crippen MR) is 66.9 cm³/mol. The van der Waals surface area contributed by atoms with E-state index in [1.54, 1.807) is 7.11 Å². The Morgan fingerprint density at radius 2 is 2.35 bits per heavy atom. The predicted octanol–water partition coefficient (Wildman–Crippen LogP) is 1.42. The van der Waals surface area contributed by atoms with Gasteiger partial charge in [-0.3, -0.25) is 11.3 Å². The van der Waals surface area contributed by atoms with Crippen molar-refractivity contribution in [1.29, 1.82) is 0 Å². The van der Waals surface area contributed by atoms with E-state index in [1.165, 1.54) is 5.56 Å². The summed E-state index contributed by atoms with van der Waals surface area (Å²) in [5, 5.41) is 0. The first-order valence-electron chi connectivity index (χ1n) is 6.03. The smallest absolute Gasteiger partial charge is 0.122 e. The minimum absolute atomic E-state index is 0.244. The molecule has 1 aromatic rings. The highest BCUT2D eigenvalue weighted by Crippen LogP contribution is 2.36. The fourth-order valence-corrected chi connectivity index (χ4v) is 2.37. The first-order chi connectivity index (χ1) is 8.36. The van der Waals surface area contributed by atoms with Gasteiger partial charge in [0, 0.05) is 31.2 Å². The van der Waals surface area contributed by atoms with Gasteiger partial charge in [-0.25, -0.2) is 0 Å². The summed E-state index contributed by atoms with van der Waals surface area (Å²) in [5.41, 5.74) is 4.17. The number of hydrazine groups is 1. The van der Waals surface area contributed by atoms with E-state index >= 15 is 0 Å². The third-order valence-electron chi connectivity index (χ3n) is 3.30. The van der Waals surface area contributed by atoms with Gasteiger partial charge in [-0.05, 0) is 18.9 Å². The monoisotopic (exact) mass is 236 g/mol. The highest BCUT2D eigenvalue weighted by molar-refractivity contribution is 5.40.